The summed E-state index contributed by atoms with van der Waals surface area (Å²) in [6.07, 6.45) is 1.17. The lowest BCUT2D eigenvalue weighted by Gasteiger charge is -2.10. The fourth-order valence-corrected chi connectivity index (χ4v) is 2.46. The summed E-state index contributed by atoms with van der Waals surface area (Å²) in [6.45, 7) is 1.85. The van der Waals surface area contributed by atoms with Gasteiger partial charge in [-0.15, -0.1) is 5.10 Å². The van der Waals surface area contributed by atoms with Crippen LogP contribution >= 0.6 is 0 Å². The molecule has 0 radical (unpaired) electrons. The third-order valence-electron chi connectivity index (χ3n) is 4.32. The van der Waals surface area contributed by atoms with Gasteiger partial charge in [0.1, 0.15) is 5.75 Å². The zero-order valence-corrected chi connectivity index (χ0v) is 13.4. The molecule has 1 aliphatic rings. The van der Waals surface area contributed by atoms with E-state index in [1.807, 2.05) is 12.1 Å². The van der Waals surface area contributed by atoms with Crippen LogP contribution in [0.4, 0.5) is 0 Å². The molecule has 0 bridgehead atoms. The van der Waals surface area contributed by atoms with E-state index in [2.05, 4.69) is 15.6 Å². The van der Waals surface area contributed by atoms with Crippen LogP contribution in [0.2, 0.25) is 0 Å². The number of amides is 1. The van der Waals surface area contributed by atoms with Crippen molar-refractivity contribution in [2.24, 2.45) is 5.41 Å². The molecule has 0 spiro atoms. The first kappa shape index (κ1) is 16.0. The Bertz CT molecular complexity index is 778. The summed E-state index contributed by atoms with van der Waals surface area (Å²) in [5.74, 6) is -0.570. The van der Waals surface area contributed by atoms with E-state index < -0.39 is 17.3 Å². The van der Waals surface area contributed by atoms with Crippen molar-refractivity contribution in [3.05, 3.63) is 35.7 Å². The topological polar surface area (TPSA) is 106 Å². The molecule has 126 valence electrons. The molecule has 8 heteroatoms. The molecule has 0 unspecified atom stereocenters. The van der Waals surface area contributed by atoms with Crippen molar-refractivity contribution in [2.75, 3.05) is 13.7 Å². The molecule has 1 amide bonds. The van der Waals surface area contributed by atoms with Crippen LogP contribution in [0.15, 0.2) is 24.3 Å². The first-order chi connectivity index (χ1) is 11.5. The average Bonchev–Trinajstić information content (AvgIpc) is 3.29. The number of carboxylic acids is 1. The molecular weight excluding hydrogens is 312 g/mol. The van der Waals surface area contributed by atoms with E-state index in [0.29, 0.717) is 18.5 Å². The summed E-state index contributed by atoms with van der Waals surface area (Å²) in [6, 6.07) is 7.21. The maximum Gasteiger partial charge on any atom is 0.311 e. The molecule has 24 heavy (non-hydrogen) atoms. The number of hydrogen-bond donors (Lipinski definition) is 2. The summed E-state index contributed by atoms with van der Waals surface area (Å²) in [7, 11) is 1.59. The maximum absolute atomic E-state index is 12.3. The highest BCUT2D eigenvalue weighted by atomic mass is 16.5. The van der Waals surface area contributed by atoms with Gasteiger partial charge in [0.05, 0.1) is 23.9 Å². The first-order valence-corrected chi connectivity index (χ1v) is 7.55. The minimum Gasteiger partial charge on any atom is -0.497 e. The monoisotopic (exact) mass is 330 g/mol. The molecule has 1 saturated carbocycles. The first-order valence-electron chi connectivity index (χ1n) is 7.55. The number of nitrogens with zero attached hydrogens (tertiary/aromatic N) is 3. The number of benzene rings is 1. The van der Waals surface area contributed by atoms with Gasteiger partial charge in [0, 0.05) is 6.54 Å². The number of hydrogen-bond acceptors (Lipinski definition) is 5. The molecule has 8 nitrogen and oxygen atoms in total. The lowest BCUT2D eigenvalue weighted by atomic mass is 10.1. The van der Waals surface area contributed by atoms with Crippen molar-refractivity contribution < 1.29 is 19.4 Å². The van der Waals surface area contributed by atoms with Crippen LogP contribution in [-0.2, 0) is 4.79 Å². The van der Waals surface area contributed by atoms with Crippen molar-refractivity contribution in [1.29, 1.82) is 0 Å². The summed E-state index contributed by atoms with van der Waals surface area (Å²) in [4.78, 5) is 23.4. The predicted octanol–water partition coefficient (Wildman–Crippen LogP) is 1.18. The Kier molecular flexibility index (Phi) is 3.96. The number of nitrogens with one attached hydrogen (secondary N) is 1. The van der Waals surface area contributed by atoms with E-state index in [1.165, 1.54) is 0 Å². The van der Waals surface area contributed by atoms with Gasteiger partial charge in [-0.1, -0.05) is 5.21 Å². The molecule has 0 saturated heterocycles. The van der Waals surface area contributed by atoms with E-state index >= 15 is 0 Å². The van der Waals surface area contributed by atoms with Crippen molar-refractivity contribution >= 4 is 11.9 Å². The second-order valence-electron chi connectivity index (χ2n) is 5.90. The van der Waals surface area contributed by atoms with E-state index in [1.54, 1.807) is 30.8 Å². The van der Waals surface area contributed by atoms with Crippen molar-refractivity contribution in [3.63, 3.8) is 0 Å². The van der Waals surface area contributed by atoms with Gasteiger partial charge in [-0.25, -0.2) is 4.68 Å². The van der Waals surface area contributed by atoms with E-state index in [4.69, 9.17) is 9.84 Å². The van der Waals surface area contributed by atoms with E-state index in [9.17, 15) is 9.59 Å². The van der Waals surface area contributed by atoms with Gasteiger partial charge in [-0.05, 0) is 44.0 Å². The van der Waals surface area contributed by atoms with Crippen LogP contribution < -0.4 is 10.1 Å². The number of carbonyl (C=O) groups is 2. The summed E-state index contributed by atoms with van der Waals surface area (Å²) >= 11 is 0. The molecule has 0 aliphatic heterocycles. The summed E-state index contributed by atoms with van der Waals surface area (Å²) in [5, 5.41) is 19.7. The third kappa shape index (κ3) is 2.82. The lowest BCUT2D eigenvalue weighted by Crippen LogP contribution is -2.34. The average molecular weight is 330 g/mol. The number of aromatic nitrogens is 3. The smallest absolute Gasteiger partial charge is 0.311 e. The second kappa shape index (κ2) is 5.95. The van der Waals surface area contributed by atoms with E-state index in [0.717, 1.165) is 11.4 Å². The Morgan fingerprint density at radius 2 is 2.00 bits per heavy atom. The van der Waals surface area contributed by atoms with Gasteiger partial charge in [0.25, 0.3) is 5.91 Å². The molecule has 3 rings (SSSR count). The van der Waals surface area contributed by atoms with Crippen LogP contribution in [0, 0.1) is 12.3 Å². The summed E-state index contributed by atoms with van der Waals surface area (Å²) < 4.78 is 6.66. The van der Waals surface area contributed by atoms with Crippen molar-refractivity contribution in [2.45, 2.75) is 19.8 Å². The number of rotatable bonds is 6. The van der Waals surface area contributed by atoms with Gasteiger partial charge in [-0.2, -0.15) is 0 Å². The highest BCUT2D eigenvalue weighted by Crippen LogP contribution is 2.45. The Morgan fingerprint density at radius 1 is 1.33 bits per heavy atom. The van der Waals surface area contributed by atoms with Gasteiger partial charge in [0.15, 0.2) is 5.69 Å². The molecule has 1 aromatic carbocycles. The fraction of sp³-hybridized carbons (Fsp3) is 0.375. The van der Waals surface area contributed by atoms with Crippen molar-refractivity contribution in [3.8, 4) is 11.4 Å². The molecule has 0 atom stereocenters. The molecular formula is C16H18N4O4. The number of carboxylic acid groups (broad SMARTS) is 1. The molecule has 1 heterocycles. The van der Waals surface area contributed by atoms with Crippen LogP contribution in [0.5, 0.6) is 5.75 Å². The SMILES string of the molecule is COc1ccc(-n2nnc(C(=O)NCC3(C(=O)O)CC3)c2C)cc1. The Hall–Kier alpha value is -2.90. The third-order valence-corrected chi connectivity index (χ3v) is 4.32. The molecule has 1 aliphatic carbocycles. The molecule has 2 aromatic rings. The van der Waals surface area contributed by atoms with Crippen molar-refractivity contribution in [1.82, 2.24) is 20.3 Å². The highest BCUT2D eigenvalue weighted by Gasteiger charge is 2.50. The van der Waals surface area contributed by atoms with Gasteiger partial charge >= 0.3 is 5.97 Å². The number of carbonyl (C=O) groups excluding carboxylic acids is 1. The number of aliphatic carboxylic acids is 1. The summed E-state index contributed by atoms with van der Waals surface area (Å²) in [5.41, 5.74) is 0.712. The highest BCUT2D eigenvalue weighted by molar-refractivity contribution is 5.93. The number of methoxy groups -OCH3 is 1. The minimum absolute atomic E-state index is 0.107. The van der Waals surface area contributed by atoms with Crippen LogP contribution in [0.25, 0.3) is 5.69 Å². The van der Waals surface area contributed by atoms with Crippen LogP contribution in [-0.4, -0.2) is 45.6 Å². The molecule has 1 fully saturated rings. The predicted molar refractivity (Wildman–Crippen MR) is 84.3 cm³/mol. The Labute approximate surface area is 138 Å². The molecule has 2 N–H and O–H groups in total. The normalized spacial score (nSPS) is 14.9. The minimum atomic E-state index is -0.874. The van der Waals surface area contributed by atoms with Crippen LogP contribution in [0.3, 0.4) is 0 Å². The lowest BCUT2D eigenvalue weighted by molar-refractivity contribution is -0.143. The standard InChI is InChI=1S/C16H18N4O4/c1-10-13(14(21)17-9-16(7-8-16)15(22)23)18-19-20(10)11-3-5-12(24-2)6-4-11/h3-6H,7-9H2,1-2H3,(H,17,21)(H,22,23). The zero-order chi connectivity index (χ0) is 17.3. The van der Waals surface area contributed by atoms with Gasteiger partial charge in [0.2, 0.25) is 0 Å². The van der Waals surface area contributed by atoms with Gasteiger partial charge < -0.3 is 15.2 Å². The zero-order valence-electron chi connectivity index (χ0n) is 13.4. The number of ether oxygens (including phenoxy) is 1. The Balaban J connectivity index is 1.74. The largest absolute Gasteiger partial charge is 0.497 e. The van der Waals surface area contributed by atoms with Gasteiger partial charge in [-0.3, -0.25) is 9.59 Å². The fourth-order valence-electron chi connectivity index (χ4n) is 2.46. The quantitative estimate of drug-likeness (QED) is 0.824. The maximum atomic E-state index is 12.3. The van der Waals surface area contributed by atoms with Crippen LogP contribution in [0.1, 0.15) is 29.0 Å². The second-order valence-corrected chi connectivity index (χ2v) is 5.90. The molecule has 1 aromatic heterocycles. The Morgan fingerprint density at radius 3 is 2.54 bits per heavy atom. The van der Waals surface area contributed by atoms with E-state index in [-0.39, 0.29) is 12.2 Å².